The molecule has 2 aromatic rings. The van der Waals surface area contributed by atoms with Gasteiger partial charge in [0.05, 0.1) is 9.79 Å². The van der Waals surface area contributed by atoms with Crippen molar-refractivity contribution in [2.45, 2.75) is 9.79 Å². The van der Waals surface area contributed by atoms with E-state index in [0.717, 1.165) is 5.56 Å². The first-order valence-electron chi connectivity index (χ1n) is 5.20. The fourth-order valence-electron chi connectivity index (χ4n) is 1.54. The fourth-order valence-corrected chi connectivity index (χ4v) is 2.86. The first-order chi connectivity index (χ1) is 8.14. The Morgan fingerprint density at radius 3 is 1.88 bits per heavy atom. The molecule has 0 saturated heterocycles. The van der Waals surface area contributed by atoms with Crippen LogP contribution in [0.5, 0.6) is 0 Å². The number of hydrogen-bond donors (Lipinski definition) is 2. The molecular formula is C14H14O2S. The molecule has 17 heavy (non-hydrogen) atoms. The molecule has 3 heteroatoms. The Bertz CT molecular complexity index is 504. The second-order valence-electron chi connectivity index (χ2n) is 3.64. The molecule has 0 heterocycles. The van der Waals surface area contributed by atoms with E-state index in [2.05, 4.69) is 6.58 Å². The molecule has 0 amide bonds. The van der Waals surface area contributed by atoms with Crippen LogP contribution in [-0.2, 0) is 0 Å². The first-order valence-corrected chi connectivity index (χ1v) is 6.75. The third-order valence-electron chi connectivity index (χ3n) is 2.52. The molecule has 0 spiro atoms. The summed E-state index contributed by atoms with van der Waals surface area (Å²) in [5.41, 5.74) is 0.956. The van der Waals surface area contributed by atoms with Crippen LogP contribution in [0.15, 0.2) is 71.0 Å². The first kappa shape index (κ1) is 11.9. The highest BCUT2D eigenvalue weighted by Crippen LogP contribution is 2.55. The second kappa shape index (κ2) is 4.75. The highest BCUT2D eigenvalue weighted by molar-refractivity contribution is 8.24. The molecule has 0 aliphatic heterocycles. The summed E-state index contributed by atoms with van der Waals surface area (Å²) >= 11 is 0. The summed E-state index contributed by atoms with van der Waals surface area (Å²) in [7, 11) is -2.90. The normalized spacial score (nSPS) is 12.1. The van der Waals surface area contributed by atoms with Gasteiger partial charge < -0.3 is 0 Å². The van der Waals surface area contributed by atoms with Gasteiger partial charge in [0.2, 0.25) is 0 Å². The quantitative estimate of drug-likeness (QED) is 0.837. The number of hydrogen-bond acceptors (Lipinski definition) is 2. The van der Waals surface area contributed by atoms with Gasteiger partial charge >= 0.3 is 0 Å². The van der Waals surface area contributed by atoms with Crippen molar-refractivity contribution in [3.63, 3.8) is 0 Å². The van der Waals surface area contributed by atoms with E-state index in [9.17, 15) is 9.11 Å². The van der Waals surface area contributed by atoms with Gasteiger partial charge in [0.1, 0.15) is 0 Å². The summed E-state index contributed by atoms with van der Waals surface area (Å²) in [5, 5.41) is 0. The SMILES string of the molecule is C=Cc1ccc(S(O)(O)c2ccccc2)cc1. The van der Waals surface area contributed by atoms with Crippen LogP contribution in [0.25, 0.3) is 6.08 Å². The maximum absolute atomic E-state index is 10.2. The zero-order valence-corrected chi connectivity index (χ0v) is 10.1. The second-order valence-corrected chi connectivity index (χ2v) is 5.68. The van der Waals surface area contributed by atoms with Gasteiger partial charge in [-0.05, 0) is 29.8 Å². The van der Waals surface area contributed by atoms with Crippen molar-refractivity contribution in [3.05, 3.63) is 66.7 Å². The van der Waals surface area contributed by atoms with Crippen molar-refractivity contribution >= 4 is 16.7 Å². The minimum absolute atomic E-state index is 0.523. The van der Waals surface area contributed by atoms with Gasteiger partial charge in [-0.25, -0.2) is 0 Å². The van der Waals surface area contributed by atoms with Crippen molar-refractivity contribution in [2.75, 3.05) is 0 Å². The maximum atomic E-state index is 10.2. The molecule has 0 fully saturated rings. The van der Waals surface area contributed by atoms with Crippen molar-refractivity contribution < 1.29 is 9.11 Å². The zero-order chi connectivity index (χ0) is 12.3. The molecule has 0 bridgehead atoms. The van der Waals surface area contributed by atoms with Gasteiger partial charge in [-0.2, -0.15) is 0 Å². The fraction of sp³-hybridized carbons (Fsp3) is 0. The molecule has 0 aliphatic rings. The summed E-state index contributed by atoms with van der Waals surface area (Å²) < 4.78 is 20.5. The standard InChI is InChI=1S/C14H14O2S/c1-2-12-8-10-14(11-9-12)17(15,16)13-6-4-3-5-7-13/h2-11,15-16H,1H2. The Balaban J connectivity index is 2.40. The van der Waals surface area contributed by atoms with Gasteiger partial charge in [0.15, 0.2) is 0 Å². The van der Waals surface area contributed by atoms with E-state index in [0.29, 0.717) is 9.79 Å². The van der Waals surface area contributed by atoms with Crippen LogP contribution in [0.3, 0.4) is 0 Å². The van der Waals surface area contributed by atoms with Crippen LogP contribution in [-0.4, -0.2) is 9.11 Å². The lowest BCUT2D eigenvalue weighted by molar-refractivity contribution is 0.487. The number of rotatable bonds is 3. The Kier molecular flexibility index (Phi) is 3.33. The molecule has 0 saturated carbocycles. The average Bonchev–Trinajstić information content (AvgIpc) is 2.40. The van der Waals surface area contributed by atoms with Crippen LogP contribution in [0.4, 0.5) is 0 Å². The third-order valence-corrected chi connectivity index (χ3v) is 4.38. The molecular weight excluding hydrogens is 232 g/mol. The predicted molar refractivity (Wildman–Crippen MR) is 72.4 cm³/mol. The Morgan fingerprint density at radius 1 is 0.824 bits per heavy atom. The molecule has 0 aliphatic carbocycles. The molecule has 0 atom stereocenters. The monoisotopic (exact) mass is 246 g/mol. The highest BCUT2D eigenvalue weighted by atomic mass is 32.3. The lowest BCUT2D eigenvalue weighted by Crippen LogP contribution is -1.98. The molecule has 2 nitrogen and oxygen atoms in total. The van der Waals surface area contributed by atoms with Crippen molar-refractivity contribution in [3.8, 4) is 0 Å². The topological polar surface area (TPSA) is 40.5 Å². The van der Waals surface area contributed by atoms with E-state index in [1.807, 2.05) is 18.2 Å². The van der Waals surface area contributed by atoms with E-state index in [1.54, 1.807) is 42.5 Å². The van der Waals surface area contributed by atoms with Gasteiger partial charge in [-0.15, -0.1) is 10.6 Å². The van der Waals surface area contributed by atoms with Crippen molar-refractivity contribution in [1.29, 1.82) is 0 Å². The van der Waals surface area contributed by atoms with Crippen LogP contribution >= 0.6 is 10.6 Å². The molecule has 88 valence electrons. The van der Waals surface area contributed by atoms with Gasteiger partial charge in [-0.1, -0.05) is 43.0 Å². The molecule has 0 radical (unpaired) electrons. The van der Waals surface area contributed by atoms with Gasteiger partial charge in [-0.3, -0.25) is 9.11 Å². The highest BCUT2D eigenvalue weighted by Gasteiger charge is 2.17. The lowest BCUT2D eigenvalue weighted by Gasteiger charge is -2.32. The largest absolute Gasteiger partial charge is 0.290 e. The van der Waals surface area contributed by atoms with Crippen molar-refractivity contribution in [1.82, 2.24) is 0 Å². The average molecular weight is 246 g/mol. The van der Waals surface area contributed by atoms with Gasteiger partial charge in [0.25, 0.3) is 0 Å². The Labute approximate surface area is 103 Å². The smallest absolute Gasteiger partial charge is 0.0637 e. The minimum atomic E-state index is -2.90. The molecule has 0 unspecified atom stereocenters. The minimum Gasteiger partial charge on any atom is -0.290 e. The molecule has 0 aromatic heterocycles. The van der Waals surface area contributed by atoms with E-state index in [1.165, 1.54) is 0 Å². The Hall–Kier alpha value is -1.55. The maximum Gasteiger partial charge on any atom is 0.0637 e. The summed E-state index contributed by atoms with van der Waals surface area (Å²) in [4.78, 5) is 1.06. The summed E-state index contributed by atoms with van der Waals surface area (Å²) in [5.74, 6) is 0. The van der Waals surface area contributed by atoms with Crippen LogP contribution in [0, 0.1) is 0 Å². The summed E-state index contributed by atoms with van der Waals surface area (Å²) in [6.45, 7) is 3.66. The number of benzene rings is 2. The van der Waals surface area contributed by atoms with Crippen LogP contribution in [0.1, 0.15) is 5.56 Å². The Morgan fingerprint density at radius 2 is 1.35 bits per heavy atom. The lowest BCUT2D eigenvalue weighted by atomic mass is 10.2. The summed E-state index contributed by atoms with van der Waals surface area (Å²) in [6, 6.07) is 16.0. The van der Waals surface area contributed by atoms with Crippen LogP contribution < -0.4 is 0 Å². The predicted octanol–water partition coefficient (Wildman–Crippen LogP) is 4.50. The molecule has 2 aromatic carbocycles. The molecule has 2 N–H and O–H groups in total. The van der Waals surface area contributed by atoms with E-state index in [-0.39, 0.29) is 0 Å². The van der Waals surface area contributed by atoms with E-state index < -0.39 is 10.6 Å². The molecule has 2 rings (SSSR count). The third kappa shape index (κ3) is 2.42. The summed E-state index contributed by atoms with van der Waals surface area (Å²) in [6.07, 6.45) is 1.72. The van der Waals surface area contributed by atoms with E-state index >= 15 is 0 Å². The van der Waals surface area contributed by atoms with Crippen molar-refractivity contribution in [2.24, 2.45) is 0 Å². The van der Waals surface area contributed by atoms with Gasteiger partial charge in [0, 0.05) is 0 Å². The zero-order valence-electron chi connectivity index (χ0n) is 9.28. The van der Waals surface area contributed by atoms with E-state index in [4.69, 9.17) is 0 Å². The van der Waals surface area contributed by atoms with Crippen LogP contribution in [0.2, 0.25) is 0 Å².